The van der Waals surface area contributed by atoms with Gasteiger partial charge < -0.3 is 0 Å². The van der Waals surface area contributed by atoms with Gasteiger partial charge in [-0.15, -0.1) is 0 Å². The number of aryl methyl sites for hydroxylation is 2. The summed E-state index contributed by atoms with van der Waals surface area (Å²) in [5.41, 5.74) is 0.685. The van der Waals surface area contributed by atoms with Crippen molar-refractivity contribution in [3.8, 4) is 5.82 Å². The molecule has 3 aromatic heterocycles. The third-order valence-electron chi connectivity index (χ3n) is 4.96. The summed E-state index contributed by atoms with van der Waals surface area (Å²) in [4.78, 5) is 16.5. The first-order valence-corrected chi connectivity index (χ1v) is 10.4. The van der Waals surface area contributed by atoms with Crippen LogP contribution in [0.4, 0.5) is 0 Å². The molecule has 1 unspecified atom stereocenters. The van der Waals surface area contributed by atoms with Crippen LogP contribution in [-0.4, -0.2) is 54.8 Å². The largest absolute Gasteiger partial charge is 0.289 e. The predicted octanol–water partition coefficient (Wildman–Crippen LogP) is 0.622. The SMILES string of the molecule is Cc1n[nH]c(C)c1S(=O)(=O)N1CCCC1Cn1nc(-n2ccnc2)ccc1=O. The minimum absolute atomic E-state index is 0.191. The topological polar surface area (TPSA) is 119 Å². The Morgan fingerprint density at radius 3 is 2.79 bits per heavy atom. The molecule has 1 aliphatic rings. The van der Waals surface area contributed by atoms with E-state index in [1.165, 1.54) is 15.1 Å². The standard InChI is InChI=1S/C17H21N7O3S/c1-12-17(13(2)20-19-12)28(26,27)24-8-3-4-14(24)10-23-16(25)6-5-15(21-23)22-9-7-18-11-22/h5-7,9,11,14H,3-4,8,10H2,1-2H3,(H,19,20). The van der Waals surface area contributed by atoms with E-state index < -0.39 is 10.0 Å². The third kappa shape index (κ3) is 3.16. The number of aromatic nitrogens is 6. The molecule has 1 atom stereocenters. The lowest BCUT2D eigenvalue weighted by Crippen LogP contribution is -2.41. The number of sulfonamides is 1. The Labute approximate surface area is 161 Å². The lowest BCUT2D eigenvalue weighted by Gasteiger charge is -2.24. The van der Waals surface area contributed by atoms with Gasteiger partial charge in [0.1, 0.15) is 11.2 Å². The van der Waals surface area contributed by atoms with Gasteiger partial charge in [0.25, 0.3) is 5.56 Å². The van der Waals surface area contributed by atoms with E-state index in [-0.39, 0.29) is 23.0 Å². The fourth-order valence-electron chi connectivity index (χ4n) is 3.65. The Balaban J connectivity index is 1.65. The van der Waals surface area contributed by atoms with Crippen LogP contribution in [0.1, 0.15) is 24.2 Å². The number of nitrogens with one attached hydrogen (secondary N) is 1. The van der Waals surface area contributed by atoms with Gasteiger partial charge in [-0.3, -0.25) is 14.5 Å². The molecule has 4 heterocycles. The van der Waals surface area contributed by atoms with E-state index in [1.807, 2.05) is 0 Å². The van der Waals surface area contributed by atoms with Crippen molar-refractivity contribution in [1.82, 2.24) is 33.8 Å². The van der Waals surface area contributed by atoms with Crippen molar-refractivity contribution in [1.29, 1.82) is 0 Å². The van der Waals surface area contributed by atoms with E-state index in [1.54, 1.807) is 43.2 Å². The molecule has 148 valence electrons. The summed E-state index contributed by atoms with van der Waals surface area (Å²) in [5.74, 6) is 0.547. The van der Waals surface area contributed by atoms with Crippen LogP contribution in [0.5, 0.6) is 0 Å². The van der Waals surface area contributed by atoms with Gasteiger partial charge >= 0.3 is 0 Å². The van der Waals surface area contributed by atoms with E-state index in [4.69, 9.17) is 0 Å². The van der Waals surface area contributed by atoms with Gasteiger partial charge in [0, 0.05) is 31.0 Å². The molecule has 0 aliphatic carbocycles. The van der Waals surface area contributed by atoms with Gasteiger partial charge in [0.05, 0.1) is 17.9 Å². The van der Waals surface area contributed by atoms with Crippen LogP contribution < -0.4 is 5.56 Å². The van der Waals surface area contributed by atoms with Gasteiger partial charge in [0.2, 0.25) is 10.0 Å². The van der Waals surface area contributed by atoms with E-state index in [0.717, 1.165) is 6.42 Å². The molecular formula is C17H21N7O3S. The number of nitrogens with zero attached hydrogens (tertiary/aromatic N) is 6. The average Bonchev–Trinajstić information content (AvgIpc) is 3.38. The first-order valence-electron chi connectivity index (χ1n) is 8.98. The minimum Gasteiger partial charge on any atom is -0.289 e. The molecule has 1 fully saturated rings. The highest BCUT2D eigenvalue weighted by Gasteiger charge is 2.38. The van der Waals surface area contributed by atoms with Crippen LogP contribution in [0, 0.1) is 13.8 Å². The quantitative estimate of drug-likeness (QED) is 0.667. The smallest absolute Gasteiger partial charge is 0.266 e. The molecule has 3 aromatic rings. The number of rotatable bonds is 5. The Hall–Kier alpha value is -2.79. The zero-order valence-corrected chi connectivity index (χ0v) is 16.4. The second kappa shape index (κ2) is 6.99. The summed E-state index contributed by atoms with van der Waals surface area (Å²) in [7, 11) is -3.71. The van der Waals surface area contributed by atoms with Crippen molar-refractivity contribution >= 4 is 10.0 Å². The van der Waals surface area contributed by atoms with Crippen molar-refractivity contribution in [3.05, 3.63) is 52.6 Å². The number of aromatic amines is 1. The highest BCUT2D eigenvalue weighted by Crippen LogP contribution is 2.29. The van der Waals surface area contributed by atoms with Gasteiger partial charge in [-0.25, -0.2) is 18.1 Å². The fourth-order valence-corrected chi connectivity index (χ4v) is 5.67. The predicted molar refractivity (Wildman–Crippen MR) is 101 cm³/mol. The van der Waals surface area contributed by atoms with Crippen LogP contribution in [0.25, 0.3) is 5.82 Å². The molecule has 0 radical (unpaired) electrons. The summed E-state index contributed by atoms with van der Waals surface area (Å²) in [6, 6.07) is 2.70. The number of imidazole rings is 1. The molecule has 0 spiro atoms. The van der Waals surface area contributed by atoms with Crippen LogP contribution in [0.15, 0.2) is 40.5 Å². The van der Waals surface area contributed by atoms with Gasteiger partial charge in [-0.1, -0.05) is 0 Å². The first-order chi connectivity index (χ1) is 13.4. The maximum absolute atomic E-state index is 13.2. The van der Waals surface area contributed by atoms with E-state index >= 15 is 0 Å². The van der Waals surface area contributed by atoms with Crippen LogP contribution >= 0.6 is 0 Å². The zero-order valence-electron chi connectivity index (χ0n) is 15.6. The fraction of sp³-hybridized carbons (Fsp3) is 0.412. The number of H-pyrrole nitrogens is 1. The second-order valence-electron chi connectivity index (χ2n) is 6.86. The summed E-state index contributed by atoms with van der Waals surface area (Å²) < 4.78 is 30.9. The number of hydrogen-bond acceptors (Lipinski definition) is 6. The molecule has 0 saturated carbocycles. The highest BCUT2D eigenvalue weighted by molar-refractivity contribution is 7.89. The Bertz CT molecular complexity index is 1130. The molecule has 0 amide bonds. The summed E-state index contributed by atoms with van der Waals surface area (Å²) >= 11 is 0. The van der Waals surface area contributed by atoms with Gasteiger partial charge in [-0.2, -0.15) is 14.5 Å². The highest BCUT2D eigenvalue weighted by atomic mass is 32.2. The second-order valence-corrected chi connectivity index (χ2v) is 8.68. The summed E-state index contributed by atoms with van der Waals surface area (Å²) in [6.07, 6.45) is 6.34. The monoisotopic (exact) mass is 403 g/mol. The van der Waals surface area contributed by atoms with Gasteiger partial charge in [-0.05, 0) is 32.8 Å². The molecule has 10 nitrogen and oxygen atoms in total. The van der Waals surface area contributed by atoms with E-state index in [0.29, 0.717) is 30.2 Å². The van der Waals surface area contributed by atoms with Crippen molar-refractivity contribution in [3.63, 3.8) is 0 Å². The maximum atomic E-state index is 13.2. The normalized spacial score (nSPS) is 18.0. The summed E-state index contributed by atoms with van der Waals surface area (Å²) in [5, 5.41) is 11.1. The lowest BCUT2D eigenvalue weighted by atomic mass is 10.2. The first kappa shape index (κ1) is 18.6. The Kier molecular flexibility index (Phi) is 4.63. The average molecular weight is 403 g/mol. The lowest BCUT2D eigenvalue weighted by molar-refractivity contribution is 0.334. The Morgan fingerprint density at radius 2 is 2.11 bits per heavy atom. The molecule has 4 rings (SSSR count). The van der Waals surface area contributed by atoms with Gasteiger partial charge in [0.15, 0.2) is 5.82 Å². The van der Waals surface area contributed by atoms with Crippen LogP contribution in [0.3, 0.4) is 0 Å². The van der Waals surface area contributed by atoms with Crippen molar-refractivity contribution in [2.24, 2.45) is 0 Å². The van der Waals surface area contributed by atoms with E-state index in [9.17, 15) is 13.2 Å². The summed E-state index contributed by atoms with van der Waals surface area (Å²) in [6.45, 7) is 3.96. The molecule has 1 saturated heterocycles. The van der Waals surface area contributed by atoms with Crippen molar-refractivity contribution in [2.45, 2.75) is 44.2 Å². The molecule has 28 heavy (non-hydrogen) atoms. The molecule has 1 N–H and O–H groups in total. The Morgan fingerprint density at radius 1 is 1.29 bits per heavy atom. The maximum Gasteiger partial charge on any atom is 0.266 e. The van der Waals surface area contributed by atoms with E-state index in [2.05, 4.69) is 20.3 Å². The molecular weight excluding hydrogens is 382 g/mol. The number of hydrogen-bond donors (Lipinski definition) is 1. The molecule has 0 bridgehead atoms. The third-order valence-corrected chi connectivity index (χ3v) is 7.17. The molecule has 11 heteroatoms. The molecule has 0 aromatic carbocycles. The van der Waals surface area contributed by atoms with Crippen molar-refractivity contribution in [2.75, 3.05) is 6.54 Å². The zero-order chi connectivity index (χ0) is 19.9. The van der Waals surface area contributed by atoms with Crippen LogP contribution in [0.2, 0.25) is 0 Å². The minimum atomic E-state index is -3.71. The molecule has 1 aliphatic heterocycles. The van der Waals surface area contributed by atoms with Crippen LogP contribution in [-0.2, 0) is 16.6 Å². The van der Waals surface area contributed by atoms with Crippen molar-refractivity contribution < 1.29 is 8.42 Å².